The highest BCUT2D eigenvalue weighted by Crippen LogP contribution is 2.72. The number of hydrogen-bond donors (Lipinski definition) is 0. The van der Waals surface area contributed by atoms with E-state index in [0.717, 1.165) is 44.6 Å². The van der Waals surface area contributed by atoms with E-state index in [4.69, 9.17) is 9.47 Å². The molecule has 0 aromatic heterocycles. The average Bonchev–Trinajstić information content (AvgIpc) is 3.28. The van der Waals surface area contributed by atoms with Gasteiger partial charge in [-0.15, -0.1) is 0 Å². The van der Waals surface area contributed by atoms with Crippen LogP contribution in [-0.2, 0) is 14.9 Å². The molecule has 26 heavy (non-hydrogen) atoms. The summed E-state index contributed by atoms with van der Waals surface area (Å²) in [6.45, 7) is 4.94. The number of methoxy groups -OCH3 is 1. The molecule has 1 aromatic rings. The first-order chi connectivity index (χ1) is 12.6. The maximum absolute atomic E-state index is 13.0. The van der Waals surface area contributed by atoms with Gasteiger partial charge in [-0.1, -0.05) is 29.8 Å². The van der Waals surface area contributed by atoms with Crippen LogP contribution in [0.15, 0.2) is 35.9 Å². The number of allylic oxidation sites excluding steroid dienone is 1. The van der Waals surface area contributed by atoms with Gasteiger partial charge in [0, 0.05) is 24.4 Å². The van der Waals surface area contributed by atoms with Crippen LogP contribution in [0.1, 0.15) is 31.7 Å². The van der Waals surface area contributed by atoms with Gasteiger partial charge < -0.3 is 9.47 Å². The molecule has 4 aliphatic heterocycles. The van der Waals surface area contributed by atoms with Crippen molar-refractivity contribution in [2.45, 2.75) is 42.9 Å². The summed E-state index contributed by atoms with van der Waals surface area (Å²) in [6.07, 6.45) is 5.06. The molecule has 5 heteroatoms. The molecule has 0 radical (unpaired) electrons. The Hall–Kier alpha value is -1.85. The summed E-state index contributed by atoms with van der Waals surface area (Å²) in [6, 6.07) is 8.46. The van der Waals surface area contributed by atoms with Gasteiger partial charge >= 0.3 is 6.09 Å². The Bertz CT molecular complexity index is 861. The predicted octanol–water partition coefficient (Wildman–Crippen LogP) is 3.05. The molecule has 5 nitrogen and oxygen atoms in total. The molecule has 4 heterocycles. The molecule has 6 rings (SSSR count). The number of rotatable bonds is 0. The Morgan fingerprint density at radius 1 is 1.38 bits per heavy atom. The van der Waals surface area contributed by atoms with Crippen molar-refractivity contribution in [3.63, 3.8) is 0 Å². The predicted molar refractivity (Wildman–Crippen MR) is 97.1 cm³/mol. The van der Waals surface area contributed by atoms with E-state index in [1.807, 2.05) is 11.0 Å². The summed E-state index contributed by atoms with van der Waals surface area (Å²) in [4.78, 5) is 17.5. The molecular weight excluding hydrogens is 328 g/mol. The lowest BCUT2D eigenvalue weighted by atomic mass is 9.55. The Balaban J connectivity index is 1.64. The zero-order chi connectivity index (χ0) is 17.7. The van der Waals surface area contributed by atoms with Crippen molar-refractivity contribution in [1.82, 2.24) is 4.90 Å². The average molecular weight is 352 g/mol. The summed E-state index contributed by atoms with van der Waals surface area (Å²) in [7, 11) is 1.50. The van der Waals surface area contributed by atoms with Crippen LogP contribution in [0, 0.1) is 5.92 Å². The number of epoxide rings is 1. The molecule has 136 valence electrons. The molecule has 1 amide bonds. The summed E-state index contributed by atoms with van der Waals surface area (Å²) in [5.74, 6) is 0.399. The van der Waals surface area contributed by atoms with Crippen molar-refractivity contribution in [2.75, 3.05) is 31.7 Å². The number of para-hydroxylation sites is 1. The molecule has 3 saturated heterocycles. The van der Waals surface area contributed by atoms with Crippen molar-refractivity contribution in [1.29, 1.82) is 0 Å². The number of benzene rings is 1. The molecular formula is C21H24N2O3. The van der Waals surface area contributed by atoms with Crippen LogP contribution in [0.5, 0.6) is 0 Å². The van der Waals surface area contributed by atoms with Gasteiger partial charge in [0.05, 0.1) is 25.0 Å². The second-order valence-corrected chi connectivity index (χ2v) is 8.54. The summed E-state index contributed by atoms with van der Waals surface area (Å²) < 4.78 is 11.4. The Morgan fingerprint density at radius 3 is 2.92 bits per heavy atom. The highest BCUT2D eigenvalue weighted by Gasteiger charge is 2.79. The van der Waals surface area contributed by atoms with E-state index in [9.17, 15) is 4.79 Å². The Morgan fingerprint density at radius 2 is 2.19 bits per heavy atom. The van der Waals surface area contributed by atoms with Crippen LogP contribution < -0.4 is 4.90 Å². The van der Waals surface area contributed by atoms with Crippen molar-refractivity contribution in [3.05, 3.63) is 41.5 Å². The fourth-order valence-electron chi connectivity index (χ4n) is 6.88. The minimum absolute atomic E-state index is 0.0268. The monoisotopic (exact) mass is 352 g/mol. The van der Waals surface area contributed by atoms with Crippen LogP contribution in [0.3, 0.4) is 0 Å². The zero-order valence-electron chi connectivity index (χ0n) is 15.3. The topological polar surface area (TPSA) is 45.3 Å². The number of amides is 1. The number of nitrogens with zero attached hydrogens (tertiary/aromatic N) is 2. The highest BCUT2D eigenvalue weighted by molar-refractivity contribution is 5.94. The number of carbonyl (C=O) groups is 1. The lowest BCUT2D eigenvalue weighted by Crippen LogP contribution is -2.72. The van der Waals surface area contributed by atoms with E-state index >= 15 is 0 Å². The molecule has 4 atom stereocenters. The molecule has 1 aliphatic carbocycles. The van der Waals surface area contributed by atoms with Crippen LogP contribution in [0.25, 0.3) is 0 Å². The third-order valence-electron chi connectivity index (χ3n) is 7.92. The van der Waals surface area contributed by atoms with Crippen LogP contribution in [0.4, 0.5) is 10.5 Å². The van der Waals surface area contributed by atoms with Gasteiger partial charge in [0.2, 0.25) is 0 Å². The van der Waals surface area contributed by atoms with E-state index in [0.29, 0.717) is 5.92 Å². The number of fused-ring (bicyclic) bond motifs is 3. The molecule has 4 fully saturated rings. The highest BCUT2D eigenvalue weighted by atomic mass is 16.6. The van der Waals surface area contributed by atoms with Crippen LogP contribution in [-0.4, -0.2) is 49.1 Å². The maximum atomic E-state index is 13.0. The van der Waals surface area contributed by atoms with Crippen molar-refractivity contribution >= 4 is 11.8 Å². The van der Waals surface area contributed by atoms with Gasteiger partial charge in [0.1, 0.15) is 5.66 Å². The molecule has 5 aliphatic rings. The fourth-order valence-corrected chi connectivity index (χ4v) is 6.88. The third kappa shape index (κ3) is 1.40. The lowest BCUT2D eigenvalue weighted by Gasteiger charge is -2.59. The largest absolute Gasteiger partial charge is 0.452 e. The summed E-state index contributed by atoms with van der Waals surface area (Å²) in [5, 5.41) is 0. The molecule has 0 N–H and O–H groups in total. The maximum Gasteiger partial charge on any atom is 0.415 e. The SMILES string of the molecule is C/C=C1/CN2CC[C@]34C[C@@]5(CO5)[C@H]1C[C@]23N(C(=O)OC)c1ccccc14. The summed E-state index contributed by atoms with van der Waals surface area (Å²) >= 11 is 0. The number of piperidine rings is 1. The smallest absolute Gasteiger partial charge is 0.415 e. The zero-order valence-corrected chi connectivity index (χ0v) is 15.3. The Labute approximate surface area is 153 Å². The second kappa shape index (κ2) is 4.52. The molecule has 2 spiro atoms. The first-order valence-electron chi connectivity index (χ1n) is 9.64. The standard InChI is InChI=1S/C21H24N2O3/c1-3-14-11-22-9-8-19-12-20(13-26-20)16(14)10-21(19,22)23(18(24)25-2)17-7-5-4-6-15(17)19/h3-7,16H,8-13H2,1-2H3/b14-3-/t16-,19+,20+,21+/m0/s1. The van der Waals surface area contributed by atoms with Gasteiger partial charge in [-0.2, -0.15) is 0 Å². The third-order valence-corrected chi connectivity index (χ3v) is 7.92. The van der Waals surface area contributed by atoms with E-state index in [1.54, 1.807) is 0 Å². The van der Waals surface area contributed by atoms with Gasteiger partial charge in [-0.3, -0.25) is 9.80 Å². The minimum Gasteiger partial charge on any atom is -0.452 e. The molecule has 1 saturated carbocycles. The van der Waals surface area contributed by atoms with E-state index in [1.165, 1.54) is 18.2 Å². The van der Waals surface area contributed by atoms with Crippen molar-refractivity contribution in [2.24, 2.45) is 5.92 Å². The van der Waals surface area contributed by atoms with Crippen LogP contribution in [0.2, 0.25) is 0 Å². The quantitative estimate of drug-likeness (QED) is 0.532. The van der Waals surface area contributed by atoms with Gasteiger partial charge in [-0.25, -0.2) is 4.79 Å². The number of hydrogen-bond acceptors (Lipinski definition) is 4. The molecule has 2 bridgehead atoms. The van der Waals surface area contributed by atoms with Gasteiger partial charge in [0.25, 0.3) is 0 Å². The Kier molecular flexibility index (Phi) is 2.65. The minimum atomic E-state index is -0.307. The first-order valence-corrected chi connectivity index (χ1v) is 9.64. The van der Waals surface area contributed by atoms with Crippen molar-refractivity contribution < 1.29 is 14.3 Å². The van der Waals surface area contributed by atoms with Gasteiger partial charge in [0.15, 0.2) is 0 Å². The fraction of sp³-hybridized carbons (Fsp3) is 0.571. The van der Waals surface area contributed by atoms with E-state index in [2.05, 4.69) is 36.1 Å². The number of carbonyl (C=O) groups excluding carboxylic acids is 1. The lowest BCUT2D eigenvalue weighted by molar-refractivity contribution is -0.0283. The van der Waals surface area contributed by atoms with Crippen LogP contribution >= 0.6 is 0 Å². The second-order valence-electron chi connectivity index (χ2n) is 8.54. The van der Waals surface area contributed by atoms with E-state index in [-0.39, 0.29) is 22.8 Å². The molecule has 1 aromatic carbocycles. The van der Waals surface area contributed by atoms with Crippen molar-refractivity contribution in [3.8, 4) is 0 Å². The molecule has 0 unspecified atom stereocenters. The number of ether oxygens (including phenoxy) is 2. The number of anilines is 1. The van der Waals surface area contributed by atoms with E-state index < -0.39 is 0 Å². The summed E-state index contributed by atoms with van der Waals surface area (Å²) in [5.41, 5.74) is 3.43. The normalized spacial score (nSPS) is 43.5. The van der Waals surface area contributed by atoms with Gasteiger partial charge in [-0.05, 0) is 37.8 Å². The first kappa shape index (κ1) is 15.2.